The summed E-state index contributed by atoms with van der Waals surface area (Å²) in [6, 6.07) is 9.49. The van der Waals surface area contributed by atoms with Crippen LogP contribution in [0.4, 0.5) is 0 Å². The minimum absolute atomic E-state index is 0.293. The molecule has 1 saturated heterocycles. The third kappa shape index (κ3) is 3.85. The van der Waals surface area contributed by atoms with Gasteiger partial charge in [0.05, 0.1) is 6.61 Å². The molecule has 0 amide bonds. The molecule has 1 aliphatic carbocycles. The van der Waals surface area contributed by atoms with E-state index in [9.17, 15) is 0 Å². The topological polar surface area (TPSA) is 35.5 Å². The Hall–Kier alpha value is -0.900. The Kier molecular flexibility index (Phi) is 5.28. The third-order valence-corrected chi connectivity index (χ3v) is 5.15. The first kappa shape index (κ1) is 15.0. The molecule has 3 nitrogen and oxygen atoms in total. The average molecular weight is 288 g/mol. The number of aliphatic hydroxyl groups is 1. The first-order valence-corrected chi connectivity index (χ1v) is 8.51. The molecule has 1 aromatic rings. The van der Waals surface area contributed by atoms with E-state index in [0.717, 1.165) is 32.1 Å². The summed E-state index contributed by atoms with van der Waals surface area (Å²) in [5.41, 5.74) is 3.07. The molecular formula is C18H28N2O. The minimum atomic E-state index is 0.293. The zero-order valence-electron chi connectivity index (χ0n) is 12.9. The highest BCUT2D eigenvalue weighted by Gasteiger charge is 2.22. The van der Waals surface area contributed by atoms with Gasteiger partial charge in [0.2, 0.25) is 0 Å². The van der Waals surface area contributed by atoms with Crippen molar-refractivity contribution in [2.75, 3.05) is 32.8 Å². The number of likely N-dealkylation sites (tertiary alicyclic amines) is 1. The molecule has 0 radical (unpaired) electrons. The van der Waals surface area contributed by atoms with E-state index in [1.165, 1.54) is 37.7 Å². The molecule has 0 bridgehead atoms. The van der Waals surface area contributed by atoms with Crippen molar-refractivity contribution in [3.63, 3.8) is 0 Å². The number of hydrogen-bond donors (Lipinski definition) is 2. The molecule has 0 aromatic heterocycles. The van der Waals surface area contributed by atoms with Gasteiger partial charge in [0.1, 0.15) is 0 Å². The van der Waals surface area contributed by atoms with E-state index in [1.54, 1.807) is 5.56 Å². The maximum atomic E-state index is 9.00. The van der Waals surface area contributed by atoms with Crippen LogP contribution in [0.25, 0.3) is 0 Å². The lowest BCUT2D eigenvalue weighted by molar-refractivity contribution is 0.145. The van der Waals surface area contributed by atoms with Crippen LogP contribution >= 0.6 is 0 Å². The number of rotatable bonds is 5. The van der Waals surface area contributed by atoms with Crippen LogP contribution in [-0.4, -0.2) is 42.8 Å². The van der Waals surface area contributed by atoms with Gasteiger partial charge in [-0.25, -0.2) is 0 Å². The van der Waals surface area contributed by atoms with Gasteiger partial charge in [0.25, 0.3) is 0 Å². The Labute approximate surface area is 128 Å². The molecule has 0 spiro atoms. The van der Waals surface area contributed by atoms with Gasteiger partial charge in [-0.2, -0.15) is 0 Å². The fourth-order valence-corrected chi connectivity index (χ4v) is 3.83. The highest BCUT2D eigenvalue weighted by molar-refractivity contribution is 5.32. The minimum Gasteiger partial charge on any atom is -0.395 e. The van der Waals surface area contributed by atoms with Crippen molar-refractivity contribution in [2.24, 2.45) is 5.92 Å². The van der Waals surface area contributed by atoms with Crippen LogP contribution < -0.4 is 5.32 Å². The van der Waals surface area contributed by atoms with Crippen LogP contribution in [0.3, 0.4) is 0 Å². The predicted octanol–water partition coefficient (Wildman–Crippen LogP) is 2.36. The normalized spacial score (nSPS) is 24.0. The molecule has 3 heteroatoms. The van der Waals surface area contributed by atoms with E-state index in [2.05, 4.69) is 34.5 Å². The number of nitrogens with one attached hydrogen (secondary N) is 1. The Morgan fingerprint density at radius 2 is 1.95 bits per heavy atom. The maximum Gasteiger partial charge on any atom is 0.0558 e. The molecule has 3 rings (SSSR count). The van der Waals surface area contributed by atoms with Gasteiger partial charge in [-0.3, -0.25) is 0 Å². The van der Waals surface area contributed by atoms with E-state index in [4.69, 9.17) is 5.11 Å². The number of hydrogen-bond acceptors (Lipinski definition) is 3. The van der Waals surface area contributed by atoms with Crippen LogP contribution in [-0.2, 0) is 6.42 Å². The second-order valence-corrected chi connectivity index (χ2v) is 6.56. The highest BCUT2D eigenvalue weighted by Crippen LogP contribution is 2.30. The fourth-order valence-electron chi connectivity index (χ4n) is 3.83. The standard InChI is InChI=1S/C18H28N2O/c21-13-12-20-10-8-15(9-11-20)14-19-18-7-3-5-16-4-1-2-6-17(16)18/h1-2,4,6,15,18-19,21H,3,5,7-14H2. The van der Waals surface area contributed by atoms with Crippen molar-refractivity contribution in [1.82, 2.24) is 10.2 Å². The van der Waals surface area contributed by atoms with Crippen LogP contribution in [0.5, 0.6) is 0 Å². The number of piperidine rings is 1. The smallest absolute Gasteiger partial charge is 0.0558 e. The van der Waals surface area contributed by atoms with Gasteiger partial charge in [-0.05, 0) is 68.8 Å². The monoisotopic (exact) mass is 288 g/mol. The van der Waals surface area contributed by atoms with Gasteiger partial charge in [0, 0.05) is 12.6 Å². The highest BCUT2D eigenvalue weighted by atomic mass is 16.3. The molecule has 116 valence electrons. The van der Waals surface area contributed by atoms with E-state index in [-0.39, 0.29) is 0 Å². The van der Waals surface area contributed by atoms with Crippen molar-refractivity contribution in [2.45, 2.75) is 38.1 Å². The lowest BCUT2D eigenvalue weighted by Gasteiger charge is -2.33. The molecule has 1 heterocycles. The lowest BCUT2D eigenvalue weighted by Crippen LogP contribution is -2.39. The number of benzene rings is 1. The molecule has 1 fully saturated rings. The van der Waals surface area contributed by atoms with Crippen LogP contribution in [0.15, 0.2) is 24.3 Å². The van der Waals surface area contributed by atoms with Gasteiger partial charge < -0.3 is 15.3 Å². The second-order valence-electron chi connectivity index (χ2n) is 6.56. The lowest BCUT2D eigenvalue weighted by atomic mass is 9.87. The molecule has 1 atom stereocenters. The molecule has 1 aromatic carbocycles. The molecular weight excluding hydrogens is 260 g/mol. The van der Waals surface area contributed by atoms with E-state index in [0.29, 0.717) is 12.6 Å². The maximum absolute atomic E-state index is 9.00. The van der Waals surface area contributed by atoms with E-state index in [1.807, 2.05) is 0 Å². The summed E-state index contributed by atoms with van der Waals surface area (Å²) in [5, 5.41) is 12.8. The Morgan fingerprint density at radius 3 is 2.76 bits per heavy atom. The molecule has 2 aliphatic rings. The van der Waals surface area contributed by atoms with Crippen molar-refractivity contribution in [3.8, 4) is 0 Å². The van der Waals surface area contributed by atoms with Crippen molar-refractivity contribution in [1.29, 1.82) is 0 Å². The Bertz CT molecular complexity index is 441. The predicted molar refractivity (Wildman–Crippen MR) is 86.4 cm³/mol. The van der Waals surface area contributed by atoms with Gasteiger partial charge >= 0.3 is 0 Å². The molecule has 1 aliphatic heterocycles. The van der Waals surface area contributed by atoms with Gasteiger partial charge in [-0.1, -0.05) is 24.3 Å². The van der Waals surface area contributed by atoms with Crippen LogP contribution in [0, 0.1) is 5.92 Å². The third-order valence-electron chi connectivity index (χ3n) is 5.15. The number of fused-ring (bicyclic) bond motifs is 1. The summed E-state index contributed by atoms with van der Waals surface area (Å²) in [6.45, 7) is 4.58. The zero-order chi connectivity index (χ0) is 14.5. The van der Waals surface area contributed by atoms with Crippen molar-refractivity contribution >= 4 is 0 Å². The van der Waals surface area contributed by atoms with Crippen molar-refractivity contribution in [3.05, 3.63) is 35.4 Å². The fraction of sp³-hybridized carbons (Fsp3) is 0.667. The number of aliphatic hydroxyl groups excluding tert-OH is 1. The molecule has 21 heavy (non-hydrogen) atoms. The van der Waals surface area contributed by atoms with Gasteiger partial charge in [0.15, 0.2) is 0 Å². The quantitative estimate of drug-likeness (QED) is 0.873. The van der Waals surface area contributed by atoms with Crippen LogP contribution in [0.1, 0.15) is 42.9 Å². The van der Waals surface area contributed by atoms with Crippen LogP contribution in [0.2, 0.25) is 0 Å². The van der Waals surface area contributed by atoms with E-state index < -0.39 is 0 Å². The Morgan fingerprint density at radius 1 is 1.14 bits per heavy atom. The number of aryl methyl sites for hydroxylation is 1. The summed E-state index contributed by atoms with van der Waals surface area (Å²) >= 11 is 0. The molecule has 2 N–H and O–H groups in total. The SMILES string of the molecule is OCCN1CCC(CNC2CCCc3ccccc32)CC1. The zero-order valence-corrected chi connectivity index (χ0v) is 12.9. The Balaban J connectivity index is 1.48. The largest absolute Gasteiger partial charge is 0.395 e. The second kappa shape index (κ2) is 7.39. The first-order valence-electron chi connectivity index (χ1n) is 8.51. The van der Waals surface area contributed by atoms with Gasteiger partial charge in [-0.15, -0.1) is 0 Å². The van der Waals surface area contributed by atoms with Crippen molar-refractivity contribution < 1.29 is 5.11 Å². The summed E-state index contributed by atoms with van der Waals surface area (Å²) < 4.78 is 0. The number of nitrogens with zero attached hydrogens (tertiary/aromatic N) is 1. The average Bonchev–Trinajstić information content (AvgIpc) is 2.54. The summed E-state index contributed by atoms with van der Waals surface area (Å²) in [6.07, 6.45) is 6.36. The summed E-state index contributed by atoms with van der Waals surface area (Å²) in [4.78, 5) is 2.38. The molecule has 1 unspecified atom stereocenters. The first-order chi connectivity index (χ1) is 10.4. The molecule has 0 saturated carbocycles. The summed E-state index contributed by atoms with van der Waals surface area (Å²) in [5.74, 6) is 0.800. The summed E-state index contributed by atoms with van der Waals surface area (Å²) in [7, 11) is 0. The number of β-amino-alcohol motifs (C(OH)–C–C–N with tert-alkyl or cyclic N) is 1. The van der Waals surface area contributed by atoms with E-state index >= 15 is 0 Å².